The summed E-state index contributed by atoms with van der Waals surface area (Å²) in [7, 11) is 1.63. The van der Waals surface area contributed by atoms with Crippen molar-refractivity contribution >= 4 is 10.8 Å². The van der Waals surface area contributed by atoms with E-state index < -0.39 is 0 Å². The van der Waals surface area contributed by atoms with E-state index in [9.17, 15) is 4.79 Å². The molecule has 0 amide bonds. The molecule has 3 aromatic rings. The number of benzene rings is 2. The zero-order chi connectivity index (χ0) is 17.6. The topological polar surface area (TPSA) is 40.5 Å². The first kappa shape index (κ1) is 17.1. The lowest BCUT2D eigenvalue weighted by molar-refractivity contribution is 0.303. The van der Waals surface area contributed by atoms with Gasteiger partial charge in [-0.25, -0.2) is 0 Å². The summed E-state index contributed by atoms with van der Waals surface area (Å²) in [6, 6.07) is 15.5. The summed E-state index contributed by atoms with van der Waals surface area (Å²) in [5.41, 5.74) is 1.23. The second kappa shape index (κ2) is 7.88. The van der Waals surface area contributed by atoms with Gasteiger partial charge in [-0.15, -0.1) is 0 Å². The highest BCUT2D eigenvalue weighted by atomic mass is 16.5. The number of rotatable bonds is 7. The highest BCUT2D eigenvalue weighted by molar-refractivity contribution is 5.82. The zero-order valence-corrected chi connectivity index (χ0v) is 14.7. The van der Waals surface area contributed by atoms with Crippen molar-refractivity contribution in [3.8, 4) is 11.5 Å². The number of ether oxygens (including phenoxy) is 2. The van der Waals surface area contributed by atoms with E-state index in [4.69, 9.17) is 9.47 Å². The summed E-state index contributed by atoms with van der Waals surface area (Å²) in [6.45, 7) is 3.40. The maximum atomic E-state index is 12.5. The van der Waals surface area contributed by atoms with E-state index in [0.717, 1.165) is 35.1 Å². The van der Waals surface area contributed by atoms with Crippen LogP contribution in [0.25, 0.3) is 10.8 Å². The Labute approximate surface area is 147 Å². The Morgan fingerprint density at radius 1 is 1.00 bits per heavy atom. The van der Waals surface area contributed by atoms with Gasteiger partial charge in [-0.3, -0.25) is 4.79 Å². The molecule has 0 saturated carbocycles. The normalized spacial score (nSPS) is 10.8. The van der Waals surface area contributed by atoms with E-state index in [-0.39, 0.29) is 5.56 Å². The van der Waals surface area contributed by atoms with Crippen molar-refractivity contribution in [3.63, 3.8) is 0 Å². The molecule has 1 heterocycles. The van der Waals surface area contributed by atoms with Crippen molar-refractivity contribution in [1.82, 2.24) is 4.57 Å². The number of aryl methyl sites for hydroxylation is 2. The molecule has 0 unspecified atom stereocenters. The Hall–Kier alpha value is -2.75. The van der Waals surface area contributed by atoms with Crippen LogP contribution in [0.4, 0.5) is 0 Å². The summed E-state index contributed by atoms with van der Waals surface area (Å²) in [4.78, 5) is 12.5. The first-order valence-corrected chi connectivity index (χ1v) is 8.54. The molecule has 4 heteroatoms. The molecule has 0 spiro atoms. The van der Waals surface area contributed by atoms with Crippen molar-refractivity contribution in [1.29, 1.82) is 0 Å². The van der Waals surface area contributed by atoms with Crippen molar-refractivity contribution in [2.75, 3.05) is 13.7 Å². The van der Waals surface area contributed by atoms with Crippen LogP contribution in [0.5, 0.6) is 11.5 Å². The van der Waals surface area contributed by atoms with Crippen LogP contribution in [0.1, 0.15) is 18.4 Å². The van der Waals surface area contributed by atoms with Crippen molar-refractivity contribution < 1.29 is 9.47 Å². The lowest BCUT2D eigenvalue weighted by atomic mass is 10.1. The Morgan fingerprint density at radius 2 is 1.88 bits per heavy atom. The van der Waals surface area contributed by atoms with Crippen LogP contribution in [0.2, 0.25) is 0 Å². The molecule has 25 heavy (non-hydrogen) atoms. The smallest absolute Gasteiger partial charge is 0.258 e. The second-order valence-electron chi connectivity index (χ2n) is 6.14. The highest BCUT2D eigenvalue weighted by Crippen LogP contribution is 2.18. The third-order valence-electron chi connectivity index (χ3n) is 4.24. The number of methoxy groups -OCH3 is 1. The lowest BCUT2D eigenvalue weighted by Gasteiger charge is -2.09. The Balaban J connectivity index is 1.56. The van der Waals surface area contributed by atoms with Gasteiger partial charge in [0.15, 0.2) is 0 Å². The largest absolute Gasteiger partial charge is 0.497 e. The third kappa shape index (κ3) is 4.21. The van der Waals surface area contributed by atoms with E-state index in [1.807, 2.05) is 48.7 Å². The van der Waals surface area contributed by atoms with Crippen molar-refractivity contribution in [2.45, 2.75) is 26.3 Å². The minimum absolute atomic E-state index is 0.0414. The summed E-state index contributed by atoms with van der Waals surface area (Å²) < 4.78 is 12.7. The molecular formula is C21H23NO3. The number of unbranched alkanes of at least 4 members (excludes halogenated alkanes) is 1. The van der Waals surface area contributed by atoms with Crippen LogP contribution in [0.3, 0.4) is 0 Å². The Bertz CT molecular complexity index is 914. The Kier molecular flexibility index (Phi) is 5.39. The molecule has 0 atom stereocenters. The van der Waals surface area contributed by atoms with Crippen LogP contribution >= 0.6 is 0 Å². The van der Waals surface area contributed by atoms with Crippen LogP contribution in [-0.2, 0) is 6.54 Å². The highest BCUT2D eigenvalue weighted by Gasteiger charge is 2.04. The molecular weight excluding hydrogens is 314 g/mol. The van der Waals surface area contributed by atoms with E-state index in [0.29, 0.717) is 13.2 Å². The molecule has 0 N–H and O–H groups in total. The molecule has 2 aromatic carbocycles. The predicted octanol–water partition coefficient (Wildman–Crippen LogP) is 4.18. The van der Waals surface area contributed by atoms with Gasteiger partial charge in [-0.2, -0.15) is 0 Å². The van der Waals surface area contributed by atoms with Gasteiger partial charge in [0.05, 0.1) is 13.7 Å². The van der Waals surface area contributed by atoms with Crippen LogP contribution < -0.4 is 15.0 Å². The second-order valence-corrected chi connectivity index (χ2v) is 6.14. The van der Waals surface area contributed by atoms with E-state index in [1.165, 1.54) is 5.56 Å². The van der Waals surface area contributed by atoms with Gasteiger partial charge < -0.3 is 14.0 Å². The van der Waals surface area contributed by atoms with Gasteiger partial charge >= 0.3 is 0 Å². The van der Waals surface area contributed by atoms with Gasteiger partial charge in [-0.05, 0) is 67.1 Å². The van der Waals surface area contributed by atoms with Crippen LogP contribution in [0.15, 0.2) is 59.5 Å². The maximum absolute atomic E-state index is 12.5. The maximum Gasteiger partial charge on any atom is 0.258 e. The quantitative estimate of drug-likeness (QED) is 0.607. The fraction of sp³-hybridized carbons (Fsp3) is 0.286. The SMILES string of the molecule is COc1ccc2c(=O)n(CCCCOc3cccc(C)c3)ccc2c1. The minimum atomic E-state index is 0.0414. The number of pyridine rings is 1. The van der Waals surface area contributed by atoms with Gasteiger partial charge in [0, 0.05) is 18.1 Å². The molecule has 0 saturated heterocycles. The third-order valence-corrected chi connectivity index (χ3v) is 4.24. The first-order valence-electron chi connectivity index (χ1n) is 8.54. The fourth-order valence-electron chi connectivity index (χ4n) is 2.85. The number of aromatic nitrogens is 1. The molecule has 3 rings (SSSR count). The zero-order valence-electron chi connectivity index (χ0n) is 14.7. The number of hydrogen-bond donors (Lipinski definition) is 0. The van der Waals surface area contributed by atoms with Crippen molar-refractivity contribution in [3.05, 3.63) is 70.6 Å². The van der Waals surface area contributed by atoms with Gasteiger partial charge in [0.2, 0.25) is 0 Å². The van der Waals surface area contributed by atoms with Crippen LogP contribution in [-0.4, -0.2) is 18.3 Å². The molecule has 1 aromatic heterocycles. The van der Waals surface area contributed by atoms with Crippen molar-refractivity contribution in [2.24, 2.45) is 0 Å². The fourth-order valence-corrected chi connectivity index (χ4v) is 2.85. The number of nitrogens with zero attached hydrogens (tertiary/aromatic N) is 1. The average Bonchev–Trinajstić information content (AvgIpc) is 2.63. The molecule has 0 fully saturated rings. The number of fused-ring (bicyclic) bond motifs is 1. The standard InChI is InChI=1S/C21H23NO3/c1-16-6-5-7-19(14-16)25-13-4-3-11-22-12-10-17-15-18(24-2)8-9-20(17)21(22)23/h5-10,12,14-15H,3-4,11,13H2,1-2H3. The van der Waals surface area contributed by atoms with Gasteiger partial charge in [-0.1, -0.05) is 12.1 Å². The molecule has 0 radical (unpaired) electrons. The summed E-state index contributed by atoms with van der Waals surface area (Å²) in [5, 5.41) is 1.63. The average molecular weight is 337 g/mol. The van der Waals surface area contributed by atoms with E-state index >= 15 is 0 Å². The molecule has 0 aliphatic rings. The first-order chi connectivity index (χ1) is 12.2. The predicted molar refractivity (Wildman–Crippen MR) is 101 cm³/mol. The molecule has 4 nitrogen and oxygen atoms in total. The van der Waals surface area contributed by atoms with Gasteiger partial charge in [0.1, 0.15) is 11.5 Å². The van der Waals surface area contributed by atoms with Gasteiger partial charge in [0.25, 0.3) is 5.56 Å². The summed E-state index contributed by atoms with van der Waals surface area (Å²) >= 11 is 0. The van der Waals surface area contributed by atoms with Crippen LogP contribution in [0, 0.1) is 6.92 Å². The van der Waals surface area contributed by atoms with E-state index in [1.54, 1.807) is 11.7 Å². The Morgan fingerprint density at radius 3 is 2.68 bits per heavy atom. The molecule has 0 aliphatic carbocycles. The molecule has 0 aliphatic heterocycles. The monoisotopic (exact) mass is 337 g/mol. The molecule has 0 bridgehead atoms. The summed E-state index contributed by atoms with van der Waals surface area (Å²) in [5.74, 6) is 1.66. The van der Waals surface area contributed by atoms with E-state index in [2.05, 4.69) is 13.0 Å². The lowest BCUT2D eigenvalue weighted by Crippen LogP contribution is -2.19. The summed E-state index contributed by atoms with van der Waals surface area (Å²) in [6.07, 6.45) is 3.65. The minimum Gasteiger partial charge on any atom is -0.497 e. The molecule has 130 valence electrons. The number of hydrogen-bond acceptors (Lipinski definition) is 3.